The van der Waals surface area contributed by atoms with Crippen molar-refractivity contribution in [2.75, 3.05) is 13.3 Å². The standard InChI is InChI=1S/C11H14BrNO3/c1-6(4-13)10(14)7-2-8(12)11-9(3-7)15-5-16-11/h2-3,6,10,14H,4-5,13H2,1H3. The van der Waals surface area contributed by atoms with E-state index in [1.807, 2.05) is 13.0 Å². The van der Waals surface area contributed by atoms with E-state index in [0.717, 1.165) is 10.0 Å². The number of rotatable bonds is 3. The minimum Gasteiger partial charge on any atom is -0.454 e. The van der Waals surface area contributed by atoms with Crippen molar-refractivity contribution in [3.05, 3.63) is 22.2 Å². The quantitative estimate of drug-likeness (QED) is 0.890. The summed E-state index contributed by atoms with van der Waals surface area (Å²) in [5.41, 5.74) is 6.32. The fourth-order valence-electron chi connectivity index (χ4n) is 1.62. The van der Waals surface area contributed by atoms with E-state index < -0.39 is 6.10 Å². The Balaban J connectivity index is 2.33. The summed E-state index contributed by atoms with van der Waals surface area (Å²) in [5, 5.41) is 10.0. The zero-order valence-corrected chi connectivity index (χ0v) is 10.5. The van der Waals surface area contributed by atoms with Gasteiger partial charge < -0.3 is 20.3 Å². The molecular weight excluding hydrogens is 274 g/mol. The second kappa shape index (κ2) is 4.61. The maximum absolute atomic E-state index is 10.0. The molecule has 16 heavy (non-hydrogen) atoms. The molecule has 1 aliphatic rings. The van der Waals surface area contributed by atoms with Gasteiger partial charge in [-0.2, -0.15) is 0 Å². The van der Waals surface area contributed by atoms with E-state index in [-0.39, 0.29) is 12.7 Å². The zero-order valence-electron chi connectivity index (χ0n) is 8.94. The topological polar surface area (TPSA) is 64.7 Å². The summed E-state index contributed by atoms with van der Waals surface area (Å²) in [7, 11) is 0. The summed E-state index contributed by atoms with van der Waals surface area (Å²) < 4.78 is 11.4. The van der Waals surface area contributed by atoms with Crippen molar-refractivity contribution in [3.63, 3.8) is 0 Å². The first kappa shape index (κ1) is 11.7. The van der Waals surface area contributed by atoms with Crippen molar-refractivity contribution in [2.24, 2.45) is 11.7 Å². The molecule has 2 atom stereocenters. The number of hydrogen-bond donors (Lipinski definition) is 2. The molecule has 0 amide bonds. The Morgan fingerprint density at radius 2 is 2.25 bits per heavy atom. The maximum atomic E-state index is 10.0. The van der Waals surface area contributed by atoms with E-state index in [2.05, 4.69) is 15.9 Å². The molecule has 2 unspecified atom stereocenters. The number of aliphatic hydroxyl groups excluding tert-OH is 1. The SMILES string of the molecule is CC(CN)C(O)c1cc(Br)c2c(c1)OCO2. The predicted octanol–water partition coefficient (Wildman–Crippen LogP) is 1.81. The second-order valence-corrected chi connectivity index (χ2v) is 4.75. The molecular formula is C11H14BrNO3. The highest BCUT2D eigenvalue weighted by molar-refractivity contribution is 9.10. The summed E-state index contributed by atoms with van der Waals surface area (Å²) in [6.07, 6.45) is -0.587. The van der Waals surface area contributed by atoms with Crippen LogP contribution in [0, 0.1) is 5.92 Å². The van der Waals surface area contributed by atoms with Crippen molar-refractivity contribution in [3.8, 4) is 11.5 Å². The minimum absolute atomic E-state index is 0.00673. The van der Waals surface area contributed by atoms with Gasteiger partial charge in [-0.05, 0) is 46.1 Å². The third kappa shape index (κ3) is 2.03. The molecule has 4 nitrogen and oxygen atoms in total. The van der Waals surface area contributed by atoms with Crippen molar-refractivity contribution >= 4 is 15.9 Å². The van der Waals surface area contributed by atoms with E-state index in [4.69, 9.17) is 15.2 Å². The Kier molecular flexibility index (Phi) is 3.37. The van der Waals surface area contributed by atoms with Crippen LogP contribution < -0.4 is 15.2 Å². The lowest BCUT2D eigenvalue weighted by molar-refractivity contribution is 0.121. The molecule has 1 aliphatic heterocycles. The van der Waals surface area contributed by atoms with Crippen LogP contribution in [0.2, 0.25) is 0 Å². The van der Waals surface area contributed by atoms with E-state index in [1.165, 1.54) is 0 Å². The fourth-order valence-corrected chi connectivity index (χ4v) is 2.19. The van der Waals surface area contributed by atoms with Crippen molar-refractivity contribution in [1.29, 1.82) is 0 Å². The van der Waals surface area contributed by atoms with Gasteiger partial charge in [-0.3, -0.25) is 0 Å². The van der Waals surface area contributed by atoms with E-state index in [0.29, 0.717) is 18.0 Å². The average Bonchev–Trinajstić information content (AvgIpc) is 2.75. The third-order valence-electron chi connectivity index (χ3n) is 2.70. The van der Waals surface area contributed by atoms with Crippen LogP contribution in [-0.2, 0) is 0 Å². The van der Waals surface area contributed by atoms with Crippen LogP contribution in [0.1, 0.15) is 18.6 Å². The highest BCUT2D eigenvalue weighted by Gasteiger charge is 2.22. The molecule has 0 saturated heterocycles. The van der Waals surface area contributed by atoms with Gasteiger partial charge in [-0.1, -0.05) is 6.92 Å². The zero-order chi connectivity index (χ0) is 11.7. The van der Waals surface area contributed by atoms with Gasteiger partial charge in [-0.15, -0.1) is 0 Å². The summed E-state index contributed by atoms with van der Waals surface area (Å²) in [6, 6.07) is 3.63. The summed E-state index contributed by atoms with van der Waals surface area (Å²) in [6.45, 7) is 2.57. The highest BCUT2D eigenvalue weighted by Crippen LogP contribution is 2.41. The molecule has 0 bridgehead atoms. The first-order valence-electron chi connectivity index (χ1n) is 5.10. The molecule has 1 aromatic rings. The van der Waals surface area contributed by atoms with Crippen molar-refractivity contribution in [2.45, 2.75) is 13.0 Å². The Morgan fingerprint density at radius 3 is 2.94 bits per heavy atom. The fraction of sp³-hybridized carbons (Fsp3) is 0.455. The van der Waals surface area contributed by atoms with Crippen LogP contribution in [0.3, 0.4) is 0 Å². The lowest BCUT2D eigenvalue weighted by Gasteiger charge is -2.18. The molecule has 1 heterocycles. The van der Waals surface area contributed by atoms with Crippen LogP contribution in [0.4, 0.5) is 0 Å². The summed E-state index contributed by atoms with van der Waals surface area (Å²) in [4.78, 5) is 0. The maximum Gasteiger partial charge on any atom is 0.231 e. The molecule has 2 rings (SSSR count). The first-order valence-corrected chi connectivity index (χ1v) is 5.90. The van der Waals surface area contributed by atoms with Gasteiger partial charge >= 0.3 is 0 Å². The van der Waals surface area contributed by atoms with Gasteiger partial charge in [0, 0.05) is 0 Å². The molecule has 0 radical (unpaired) electrons. The van der Waals surface area contributed by atoms with E-state index in [9.17, 15) is 5.11 Å². The smallest absolute Gasteiger partial charge is 0.231 e. The summed E-state index contributed by atoms with van der Waals surface area (Å²) >= 11 is 3.39. The van der Waals surface area contributed by atoms with Gasteiger partial charge in [0.05, 0.1) is 10.6 Å². The number of benzene rings is 1. The van der Waals surface area contributed by atoms with Crippen LogP contribution in [0.5, 0.6) is 11.5 Å². The van der Waals surface area contributed by atoms with Gasteiger partial charge in [0.1, 0.15) is 0 Å². The lowest BCUT2D eigenvalue weighted by atomic mass is 9.97. The number of hydrogen-bond acceptors (Lipinski definition) is 4. The lowest BCUT2D eigenvalue weighted by Crippen LogP contribution is -2.18. The predicted molar refractivity (Wildman–Crippen MR) is 63.4 cm³/mol. The molecule has 5 heteroatoms. The number of aliphatic hydroxyl groups is 1. The Bertz CT molecular complexity index is 397. The molecule has 0 saturated carbocycles. The number of halogens is 1. The normalized spacial score (nSPS) is 17.2. The Labute approximate surface area is 102 Å². The average molecular weight is 288 g/mol. The highest BCUT2D eigenvalue weighted by atomic mass is 79.9. The van der Waals surface area contributed by atoms with Gasteiger partial charge in [0.2, 0.25) is 6.79 Å². The van der Waals surface area contributed by atoms with E-state index >= 15 is 0 Å². The largest absolute Gasteiger partial charge is 0.454 e. The Hall–Kier alpha value is -0.780. The molecule has 0 fully saturated rings. The Morgan fingerprint density at radius 1 is 1.50 bits per heavy atom. The second-order valence-electron chi connectivity index (χ2n) is 3.89. The third-order valence-corrected chi connectivity index (χ3v) is 3.29. The van der Waals surface area contributed by atoms with Crippen LogP contribution in [-0.4, -0.2) is 18.4 Å². The van der Waals surface area contributed by atoms with Crippen LogP contribution in [0.15, 0.2) is 16.6 Å². The number of nitrogens with two attached hydrogens (primary N) is 1. The van der Waals surface area contributed by atoms with Crippen molar-refractivity contribution < 1.29 is 14.6 Å². The molecule has 0 aliphatic carbocycles. The molecule has 3 N–H and O–H groups in total. The van der Waals surface area contributed by atoms with Crippen molar-refractivity contribution in [1.82, 2.24) is 0 Å². The van der Waals surface area contributed by atoms with Crippen LogP contribution >= 0.6 is 15.9 Å². The molecule has 88 valence electrons. The monoisotopic (exact) mass is 287 g/mol. The number of ether oxygens (including phenoxy) is 2. The van der Waals surface area contributed by atoms with Gasteiger partial charge in [-0.25, -0.2) is 0 Å². The minimum atomic E-state index is -0.587. The first-order chi connectivity index (χ1) is 7.63. The van der Waals surface area contributed by atoms with Gasteiger partial charge in [0.25, 0.3) is 0 Å². The van der Waals surface area contributed by atoms with Crippen LogP contribution in [0.25, 0.3) is 0 Å². The molecule has 1 aromatic carbocycles. The molecule has 0 aromatic heterocycles. The summed E-state index contributed by atoms with van der Waals surface area (Å²) in [5.74, 6) is 1.36. The van der Waals surface area contributed by atoms with E-state index in [1.54, 1.807) is 6.07 Å². The molecule has 0 spiro atoms. The number of fused-ring (bicyclic) bond motifs is 1. The van der Waals surface area contributed by atoms with Gasteiger partial charge in [0.15, 0.2) is 11.5 Å².